The molecule has 3 aromatic carbocycles. The van der Waals surface area contributed by atoms with Crippen LogP contribution in [0, 0.1) is 11.8 Å². The Balaban J connectivity index is 1.83. The molecule has 28 heavy (non-hydrogen) atoms. The summed E-state index contributed by atoms with van der Waals surface area (Å²) in [6.45, 7) is 0. The van der Waals surface area contributed by atoms with Crippen molar-refractivity contribution < 1.29 is 5.11 Å². The standard InChI is InChI=1S/C27H22O/c28-27(22-19-25-14-6-2-7-15-25,23-20-26-16-8-3-9-17-26)21-11-10-18-24-12-4-1-5-13-24/h1-19,21-22,28H/b18-10+,21-11+,22-19+. The molecule has 1 atom stereocenters. The van der Waals surface area contributed by atoms with Gasteiger partial charge in [-0.25, -0.2) is 0 Å². The molecule has 0 radical (unpaired) electrons. The van der Waals surface area contributed by atoms with Crippen LogP contribution >= 0.6 is 0 Å². The molecule has 0 amide bonds. The van der Waals surface area contributed by atoms with Crippen molar-refractivity contribution in [2.75, 3.05) is 0 Å². The van der Waals surface area contributed by atoms with Crippen molar-refractivity contribution in [1.82, 2.24) is 0 Å². The highest BCUT2D eigenvalue weighted by molar-refractivity contribution is 5.55. The summed E-state index contributed by atoms with van der Waals surface area (Å²) in [5.74, 6) is 6.03. The lowest BCUT2D eigenvalue weighted by Crippen LogP contribution is -2.19. The lowest BCUT2D eigenvalue weighted by Gasteiger charge is -2.12. The van der Waals surface area contributed by atoms with E-state index in [-0.39, 0.29) is 0 Å². The molecule has 0 bridgehead atoms. The number of hydrogen-bond acceptors (Lipinski definition) is 1. The van der Waals surface area contributed by atoms with Crippen molar-refractivity contribution in [3.05, 3.63) is 132 Å². The predicted molar refractivity (Wildman–Crippen MR) is 118 cm³/mol. The lowest BCUT2D eigenvalue weighted by atomic mass is 10.0. The molecule has 0 saturated heterocycles. The van der Waals surface area contributed by atoms with E-state index in [1.807, 2.05) is 115 Å². The Hall–Kier alpha value is -3.60. The van der Waals surface area contributed by atoms with Gasteiger partial charge in [0.05, 0.1) is 0 Å². The van der Waals surface area contributed by atoms with Gasteiger partial charge in [0.1, 0.15) is 0 Å². The van der Waals surface area contributed by atoms with E-state index in [0.29, 0.717) is 0 Å². The van der Waals surface area contributed by atoms with Gasteiger partial charge >= 0.3 is 0 Å². The molecule has 136 valence electrons. The van der Waals surface area contributed by atoms with Gasteiger partial charge in [-0.3, -0.25) is 0 Å². The van der Waals surface area contributed by atoms with Crippen LogP contribution in [0.5, 0.6) is 0 Å². The third-order valence-electron chi connectivity index (χ3n) is 4.06. The van der Waals surface area contributed by atoms with Crippen LogP contribution < -0.4 is 0 Å². The number of hydrogen-bond donors (Lipinski definition) is 1. The summed E-state index contributed by atoms with van der Waals surface area (Å²) in [6.07, 6.45) is 11.0. The molecule has 0 aliphatic rings. The second-order valence-corrected chi connectivity index (χ2v) is 6.31. The van der Waals surface area contributed by atoms with Crippen molar-refractivity contribution in [3.8, 4) is 11.8 Å². The van der Waals surface area contributed by atoms with Gasteiger partial charge in [-0.2, -0.15) is 0 Å². The number of benzene rings is 3. The van der Waals surface area contributed by atoms with E-state index in [9.17, 15) is 5.11 Å². The van der Waals surface area contributed by atoms with Gasteiger partial charge in [0, 0.05) is 5.56 Å². The summed E-state index contributed by atoms with van der Waals surface area (Å²) < 4.78 is 0. The molecular weight excluding hydrogens is 340 g/mol. The molecule has 0 saturated carbocycles. The monoisotopic (exact) mass is 362 g/mol. The van der Waals surface area contributed by atoms with Gasteiger partial charge in [-0.15, -0.1) is 0 Å². The lowest BCUT2D eigenvalue weighted by molar-refractivity contribution is 0.205. The van der Waals surface area contributed by atoms with E-state index < -0.39 is 5.60 Å². The fraction of sp³-hybridized carbons (Fsp3) is 0.0370. The van der Waals surface area contributed by atoms with Crippen molar-refractivity contribution in [1.29, 1.82) is 0 Å². The summed E-state index contributed by atoms with van der Waals surface area (Å²) >= 11 is 0. The largest absolute Gasteiger partial charge is 0.370 e. The summed E-state index contributed by atoms with van der Waals surface area (Å²) in [6, 6.07) is 29.6. The van der Waals surface area contributed by atoms with E-state index in [1.54, 1.807) is 12.2 Å². The SMILES string of the molecule is OC(C#Cc1ccccc1)(/C=C/C=C/c1ccccc1)/C=C/c1ccccc1. The van der Waals surface area contributed by atoms with Crippen LogP contribution in [0.1, 0.15) is 16.7 Å². The molecule has 1 N–H and O–H groups in total. The van der Waals surface area contributed by atoms with Gasteiger partial charge in [0.2, 0.25) is 0 Å². The Morgan fingerprint density at radius 3 is 1.75 bits per heavy atom. The fourth-order valence-corrected chi connectivity index (χ4v) is 2.55. The Bertz CT molecular complexity index is 1000. The molecule has 0 fully saturated rings. The first-order valence-electron chi connectivity index (χ1n) is 9.19. The normalized spacial score (nSPS) is 13.5. The average molecular weight is 362 g/mol. The van der Waals surface area contributed by atoms with Crippen LogP contribution in [0.2, 0.25) is 0 Å². The minimum atomic E-state index is -1.37. The van der Waals surface area contributed by atoms with Crippen molar-refractivity contribution in [3.63, 3.8) is 0 Å². The minimum absolute atomic E-state index is 0.863. The summed E-state index contributed by atoms with van der Waals surface area (Å²) in [7, 11) is 0. The quantitative estimate of drug-likeness (QED) is 0.452. The topological polar surface area (TPSA) is 20.2 Å². The van der Waals surface area contributed by atoms with Crippen LogP contribution in [-0.4, -0.2) is 10.7 Å². The molecular formula is C27H22O. The summed E-state index contributed by atoms with van der Waals surface area (Å²) in [5.41, 5.74) is 1.61. The van der Waals surface area contributed by atoms with Crippen LogP contribution in [0.4, 0.5) is 0 Å². The van der Waals surface area contributed by atoms with Crippen molar-refractivity contribution in [2.45, 2.75) is 5.60 Å². The Kier molecular flexibility index (Phi) is 6.79. The Morgan fingerprint density at radius 2 is 1.14 bits per heavy atom. The molecule has 0 aromatic heterocycles. The summed E-state index contributed by atoms with van der Waals surface area (Å²) in [4.78, 5) is 0. The van der Waals surface area contributed by atoms with Gasteiger partial charge in [-0.05, 0) is 35.4 Å². The van der Waals surface area contributed by atoms with Gasteiger partial charge in [-0.1, -0.05) is 115 Å². The van der Waals surface area contributed by atoms with Crippen LogP contribution in [0.3, 0.4) is 0 Å². The molecule has 0 aliphatic carbocycles. The van der Waals surface area contributed by atoms with E-state index in [2.05, 4.69) is 11.8 Å². The zero-order valence-electron chi connectivity index (χ0n) is 15.6. The second kappa shape index (κ2) is 9.92. The van der Waals surface area contributed by atoms with Crippen molar-refractivity contribution in [2.24, 2.45) is 0 Å². The van der Waals surface area contributed by atoms with Crippen molar-refractivity contribution >= 4 is 12.2 Å². The van der Waals surface area contributed by atoms with Gasteiger partial charge in [0.15, 0.2) is 5.60 Å². The van der Waals surface area contributed by atoms with Crippen LogP contribution in [-0.2, 0) is 0 Å². The first kappa shape index (κ1) is 19.2. The molecule has 1 unspecified atom stereocenters. The van der Waals surface area contributed by atoms with E-state index in [1.165, 1.54) is 0 Å². The van der Waals surface area contributed by atoms with E-state index in [0.717, 1.165) is 16.7 Å². The van der Waals surface area contributed by atoms with E-state index >= 15 is 0 Å². The zero-order valence-corrected chi connectivity index (χ0v) is 15.6. The number of allylic oxidation sites excluding steroid dienone is 2. The highest BCUT2D eigenvalue weighted by Crippen LogP contribution is 2.13. The predicted octanol–water partition coefficient (Wildman–Crippen LogP) is 5.75. The molecule has 0 aliphatic heterocycles. The molecule has 0 spiro atoms. The van der Waals surface area contributed by atoms with E-state index in [4.69, 9.17) is 0 Å². The maximum absolute atomic E-state index is 11.0. The number of aliphatic hydroxyl groups is 1. The maximum atomic E-state index is 11.0. The zero-order chi connectivity index (χ0) is 19.5. The third-order valence-corrected chi connectivity index (χ3v) is 4.06. The highest BCUT2D eigenvalue weighted by atomic mass is 16.3. The second-order valence-electron chi connectivity index (χ2n) is 6.31. The maximum Gasteiger partial charge on any atom is 0.163 e. The smallest absolute Gasteiger partial charge is 0.163 e. The fourth-order valence-electron chi connectivity index (χ4n) is 2.55. The summed E-state index contributed by atoms with van der Waals surface area (Å²) in [5, 5.41) is 11.0. The molecule has 0 heterocycles. The third kappa shape index (κ3) is 6.29. The minimum Gasteiger partial charge on any atom is -0.370 e. The van der Waals surface area contributed by atoms with Gasteiger partial charge in [0.25, 0.3) is 0 Å². The molecule has 1 heteroatoms. The number of rotatable bonds is 5. The first-order valence-corrected chi connectivity index (χ1v) is 9.19. The first-order chi connectivity index (χ1) is 13.7. The Labute approximate surface area is 167 Å². The molecule has 3 rings (SSSR count). The highest BCUT2D eigenvalue weighted by Gasteiger charge is 2.15. The van der Waals surface area contributed by atoms with Crippen LogP contribution in [0.25, 0.3) is 12.2 Å². The Morgan fingerprint density at radius 1 is 0.607 bits per heavy atom. The van der Waals surface area contributed by atoms with Gasteiger partial charge < -0.3 is 5.11 Å². The van der Waals surface area contributed by atoms with Crippen LogP contribution in [0.15, 0.2) is 115 Å². The molecule has 1 nitrogen and oxygen atoms in total. The average Bonchev–Trinajstić information content (AvgIpc) is 2.76. The molecule has 3 aromatic rings.